The van der Waals surface area contributed by atoms with E-state index in [2.05, 4.69) is 6.08 Å². The molecule has 0 amide bonds. The zero-order valence-corrected chi connectivity index (χ0v) is 20.9. The molecule has 35 heavy (non-hydrogen) atoms. The van der Waals surface area contributed by atoms with E-state index in [1.807, 2.05) is 20.8 Å². The van der Waals surface area contributed by atoms with Gasteiger partial charge in [-0.05, 0) is 50.5 Å². The van der Waals surface area contributed by atoms with Crippen LogP contribution in [-0.2, 0) is 18.9 Å². The Hall–Kier alpha value is -0.700. The van der Waals surface area contributed by atoms with Crippen molar-refractivity contribution >= 4 is 0 Å². The number of hydrogen-bond acceptors (Lipinski definition) is 11. The molecule has 0 radical (unpaired) electrons. The molecule has 7 N–H and O–H groups in total. The van der Waals surface area contributed by atoms with Gasteiger partial charge in [-0.25, -0.2) is 0 Å². The minimum atomic E-state index is -1.86. The lowest BCUT2D eigenvalue weighted by molar-refractivity contribution is -0.318. The molecule has 1 aliphatic carbocycles. The number of hydrogen-bond donors (Lipinski definition) is 7. The lowest BCUT2D eigenvalue weighted by Crippen LogP contribution is -2.60. The van der Waals surface area contributed by atoms with Gasteiger partial charge in [0.25, 0.3) is 0 Å². The van der Waals surface area contributed by atoms with E-state index in [1.165, 1.54) is 0 Å². The molecule has 11 nitrogen and oxygen atoms in total. The molecule has 3 aliphatic rings. The number of allylic oxidation sites excluding steroid dienone is 1. The van der Waals surface area contributed by atoms with Gasteiger partial charge >= 0.3 is 0 Å². The second-order valence-electron chi connectivity index (χ2n) is 10.9. The quantitative estimate of drug-likeness (QED) is 0.189. The molecule has 10 atom stereocenters. The third-order valence-electron chi connectivity index (χ3n) is 7.94. The first kappa shape index (κ1) is 28.9. The van der Waals surface area contributed by atoms with Crippen LogP contribution >= 0.6 is 0 Å². The van der Waals surface area contributed by atoms with Crippen LogP contribution in [0.2, 0.25) is 0 Å². The molecule has 0 saturated carbocycles. The maximum absolute atomic E-state index is 11.4. The van der Waals surface area contributed by atoms with Crippen molar-refractivity contribution in [1.29, 1.82) is 0 Å². The first-order valence-electron chi connectivity index (χ1n) is 12.2. The van der Waals surface area contributed by atoms with Crippen molar-refractivity contribution in [2.24, 2.45) is 5.41 Å². The highest BCUT2D eigenvalue weighted by Crippen LogP contribution is 2.47. The third kappa shape index (κ3) is 5.75. The molecule has 0 aromatic carbocycles. The van der Waals surface area contributed by atoms with Crippen LogP contribution in [0.25, 0.3) is 0 Å². The first-order valence-corrected chi connectivity index (χ1v) is 12.2. The molecule has 0 aromatic heterocycles. The maximum Gasteiger partial charge on any atom is 0.186 e. The lowest BCUT2D eigenvalue weighted by Gasteiger charge is -2.47. The largest absolute Gasteiger partial charge is 0.393 e. The predicted molar refractivity (Wildman–Crippen MR) is 122 cm³/mol. The van der Waals surface area contributed by atoms with Crippen molar-refractivity contribution in [3.05, 3.63) is 11.6 Å². The Morgan fingerprint density at radius 1 is 1.09 bits per heavy atom. The van der Waals surface area contributed by atoms with Gasteiger partial charge in [-0.15, -0.1) is 0 Å². The predicted octanol–water partition coefficient (Wildman–Crippen LogP) is -1.07. The van der Waals surface area contributed by atoms with Gasteiger partial charge in [0.2, 0.25) is 0 Å². The topological polar surface area (TPSA) is 179 Å². The molecule has 204 valence electrons. The van der Waals surface area contributed by atoms with E-state index < -0.39 is 67.0 Å². The van der Waals surface area contributed by atoms with Crippen LogP contribution in [0, 0.1) is 5.41 Å². The van der Waals surface area contributed by atoms with Crippen molar-refractivity contribution in [2.45, 2.75) is 114 Å². The van der Waals surface area contributed by atoms with Crippen molar-refractivity contribution in [3.8, 4) is 0 Å². The Bertz CT molecular complexity index is 745. The van der Waals surface area contributed by atoms with Gasteiger partial charge in [0.15, 0.2) is 12.6 Å². The van der Waals surface area contributed by atoms with Crippen molar-refractivity contribution in [1.82, 2.24) is 0 Å². The van der Waals surface area contributed by atoms with E-state index in [1.54, 1.807) is 6.92 Å². The molecule has 0 bridgehead atoms. The summed E-state index contributed by atoms with van der Waals surface area (Å²) in [5, 5.41) is 71.9. The highest BCUT2D eigenvalue weighted by atomic mass is 16.7. The smallest absolute Gasteiger partial charge is 0.186 e. The molecule has 0 spiro atoms. The summed E-state index contributed by atoms with van der Waals surface area (Å²) in [5.41, 5.74) is -2.22. The van der Waals surface area contributed by atoms with Crippen LogP contribution in [0.5, 0.6) is 0 Å². The van der Waals surface area contributed by atoms with E-state index in [-0.39, 0.29) is 18.6 Å². The maximum atomic E-state index is 11.4. The van der Waals surface area contributed by atoms with E-state index in [0.29, 0.717) is 12.8 Å². The Morgan fingerprint density at radius 2 is 1.77 bits per heavy atom. The molecule has 0 aromatic rings. The first-order chi connectivity index (χ1) is 16.3. The molecular formula is C24H42O11. The summed E-state index contributed by atoms with van der Waals surface area (Å²) in [6.07, 6.45) is -5.53. The van der Waals surface area contributed by atoms with E-state index in [9.17, 15) is 35.7 Å². The average Bonchev–Trinajstić information content (AvgIpc) is 3.10. The Labute approximate surface area is 205 Å². The second-order valence-corrected chi connectivity index (χ2v) is 10.9. The normalized spacial score (nSPS) is 44.8. The fourth-order valence-corrected chi connectivity index (χ4v) is 5.09. The Balaban J connectivity index is 1.57. The van der Waals surface area contributed by atoms with Crippen LogP contribution in [0.3, 0.4) is 0 Å². The summed E-state index contributed by atoms with van der Waals surface area (Å²) in [6.45, 7) is 6.36. The standard InChI is InChI=1S/C24H42O11/c1-13-6-5-8-22(3,4)24(13,31)9-7-14(2)34-20-18(28)17(27)16(26)15(35-20)10-32-21-19(29)23(30,11-25)12-33-21/h6,14-21,25-31H,5,7-12H2,1-4H3. The summed E-state index contributed by atoms with van der Waals surface area (Å²) in [5.74, 6) is 0. The van der Waals surface area contributed by atoms with Gasteiger partial charge in [0.1, 0.15) is 36.1 Å². The monoisotopic (exact) mass is 506 g/mol. The van der Waals surface area contributed by atoms with E-state index in [0.717, 1.165) is 18.4 Å². The summed E-state index contributed by atoms with van der Waals surface area (Å²) in [4.78, 5) is 0. The zero-order valence-electron chi connectivity index (χ0n) is 20.9. The minimum absolute atomic E-state index is 0.301. The fraction of sp³-hybridized carbons (Fsp3) is 0.917. The van der Waals surface area contributed by atoms with Gasteiger partial charge in [-0.3, -0.25) is 0 Å². The SMILES string of the molecule is CC1=CCCC(C)(C)C1(O)CCC(C)OC1OC(COC2OCC(O)(CO)C2O)C(O)C(O)C1O. The number of ether oxygens (including phenoxy) is 4. The average molecular weight is 507 g/mol. The number of rotatable bonds is 9. The lowest BCUT2D eigenvalue weighted by atomic mass is 9.63. The number of aliphatic hydroxyl groups is 7. The van der Waals surface area contributed by atoms with Gasteiger partial charge in [-0.2, -0.15) is 0 Å². The van der Waals surface area contributed by atoms with Crippen LogP contribution < -0.4 is 0 Å². The van der Waals surface area contributed by atoms with Crippen molar-refractivity contribution in [2.75, 3.05) is 19.8 Å². The van der Waals surface area contributed by atoms with Crippen molar-refractivity contribution < 1.29 is 54.7 Å². The number of aliphatic hydroxyl groups excluding tert-OH is 5. The van der Waals surface area contributed by atoms with E-state index >= 15 is 0 Å². The van der Waals surface area contributed by atoms with Crippen LogP contribution in [0.15, 0.2) is 11.6 Å². The molecule has 2 aliphatic heterocycles. The van der Waals surface area contributed by atoms with Gasteiger partial charge in [0.05, 0.1) is 31.5 Å². The van der Waals surface area contributed by atoms with Gasteiger partial charge in [0, 0.05) is 0 Å². The Morgan fingerprint density at radius 3 is 2.37 bits per heavy atom. The summed E-state index contributed by atoms with van der Waals surface area (Å²) < 4.78 is 22.1. The summed E-state index contributed by atoms with van der Waals surface area (Å²) in [6, 6.07) is 0. The van der Waals surface area contributed by atoms with E-state index in [4.69, 9.17) is 18.9 Å². The molecule has 2 fully saturated rings. The molecule has 2 saturated heterocycles. The Kier molecular flexibility index (Phi) is 9.04. The third-order valence-corrected chi connectivity index (χ3v) is 7.94. The highest BCUT2D eigenvalue weighted by molar-refractivity contribution is 5.22. The minimum Gasteiger partial charge on any atom is -0.393 e. The molecule has 10 unspecified atom stereocenters. The summed E-state index contributed by atoms with van der Waals surface area (Å²) >= 11 is 0. The molecular weight excluding hydrogens is 464 g/mol. The highest BCUT2D eigenvalue weighted by Gasteiger charge is 2.50. The van der Waals surface area contributed by atoms with Gasteiger partial charge in [-0.1, -0.05) is 19.9 Å². The van der Waals surface area contributed by atoms with Crippen molar-refractivity contribution in [3.63, 3.8) is 0 Å². The molecule has 3 rings (SSSR count). The fourth-order valence-electron chi connectivity index (χ4n) is 5.09. The van der Waals surface area contributed by atoms with Gasteiger partial charge < -0.3 is 54.7 Å². The van der Waals surface area contributed by atoms with Crippen LogP contribution in [0.1, 0.15) is 53.4 Å². The second kappa shape index (κ2) is 11.0. The molecule has 11 heteroatoms. The molecule has 2 heterocycles. The summed E-state index contributed by atoms with van der Waals surface area (Å²) in [7, 11) is 0. The van der Waals surface area contributed by atoms with Crippen LogP contribution in [-0.4, -0.2) is 116 Å². The zero-order chi connectivity index (χ0) is 26.2. The van der Waals surface area contributed by atoms with Crippen LogP contribution in [0.4, 0.5) is 0 Å².